The van der Waals surface area contributed by atoms with Gasteiger partial charge in [-0.3, -0.25) is 9.97 Å². The number of hydrogen-bond acceptors (Lipinski definition) is 4. The Morgan fingerprint density at radius 2 is 1.07 bits per heavy atom. The van der Waals surface area contributed by atoms with Crippen molar-refractivity contribution in [3.05, 3.63) is 103 Å². The molecular weight excluding hydrogens is 507 g/mol. The molecule has 0 aliphatic carbocycles. The maximum atomic E-state index is 6.69. The highest BCUT2D eigenvalue weighted by Gasteiger charge is 2.52. The first-order valence-corrected chi connectivity index (χ1v) is 14.0. The summed E-state index contributed by atoms with van der Waals surface area (Å²) in [6.07, 6.45) is 3.72. The van der Waals surface area contributed by atoms with Crippen LogP contribution in [0.4, 0.5) is 0 Å². The minimum Gasteiger partial charge on any atom is -0.399 e. The topological polar surface area (TPSA) is 54.1 Å². The number of nitrogens with zero attached hydrogens (tertiary/aromatic N) is 4. The molecule has 0 N–H and O–H groups in total. The highest BCUT2D eigenvalue weighted by molar-refractivity contribution is 6.63. The molecule has 0 saturated carbocycles. The van der Waals surface area contributed by atoms with Crippen LogP contribution in [0.2, 0.25) is 0 Å². The van der Waals surface area contributed by atoms with Crippen molar-refractivity contribution in [2.45, 2.75) is 38.9 Å². The first-order valence-electron chi connectivity index (χ1n) is 14.0. The second kappa shape index (κ2) is 8.52. The second-order valence-electron chi connectivity index (χ2n) is 11.8. The molecule has 1 aliphatic rings. The average Bonchev–Trinajstić information content (AvgIpc) is 3.57. The predicted octanol–water partition coefficient (Wildman–Crippen LogP) is 6.97. The van der Waals surface area contributed by atoms with E-state index >= 15 is 0 Å². The molecule has 0 amide bonds. The molecule has 1 saturated heterocycles. The van der Waals surface area contributed by atoms with Crippen molar-refractivity contribution in [3.8, 4) is 11.4 Å². The fourth-order valence-corrected chi connectivity index (χ4v) is 6.20. The van der Waals surface area contributed by atoms with Crippen LogP contribution in [0, 0.1) is 0 Å². The van der Waals surface area contributed by atoms with Crippen LogP contribution in [-0.2, 0) is 9.31 Å². The van der Waals surface area contributed by atoms with Crippen molar-refractivity contribution >= 4 is 56.5 Å². The molecule has 5 heterocycles. The third kappa shape index (κ3) is 3.39. The third-order valence-electron chi connectivity index (χ3n) is 8.87. The van der Waals surface area contributed by atoms with E-state index in [1.807, 2.05) is 24.5 Å². The molecule has 1 fully saturated rings. The van der Waals surface area contributed by atoms with Crippen LogP contribution in [0.5, 0.6) is 0 Å². The fourth-order valence-electron chi connectivity index (χ4n) is 6.20. The zero-order valence-electron chi connectivity index (χ0n) is 23.5. The standard InChI is InChI=1S/C34H29BN4O2/c1-33(2)34(3,4)41-35(40-33)24-14-9-17-29(38-25-15-7-5-12-22(25)30-27(38)18-10-20-36-30)32(24)39-26-16-8-6-13-23(26)31-28(39)19-11-21-37-31/h5-21H,1-4H3. The zero-order chi connectivity index (χ0) is 27.9. The Morgan fingerprint density at radius 3 is 1.68 bits per heavy atom. The first kappa shape index (κ1) is 24.4. The van der Waals surface area contributed by atoms with Crippen LogP contribution >= 0.6 is 0 Å². The molecule has 1 aliphatic heterocycles. The van der Waals surface area contributed by atoms with Gasteiger partial charge in [-0.25, -0.2) is 0 Å². The van der Waals surface area contributed by atoms with Gasteiger partial charge in [0.15, 0.2) is 0 Å². The molecule has 0 unspecified atom stereocenters. The highest BCUT2D eigenvalue weighted by atomic mass is 16.7. The Balaban J connectivity index is 1.54. The molecule has 0 atom stereocenters. The van der Waals surface area contributed by atoms with Gasteiger partial charge in [0, 0.05) is 28.6 Å². The van der Waals surface area contributed by atoms with Crippen LogP contribution < -0.4 is 5.46 Å². The van der Waals surface area contributed by atoms with Gasteiger partial charge in [0.1, 0.15) is 0 Å². The van der Waals surface area contributed by atoms with Gasteiger partial charge in [-0.05, 0) is 70.2 Å². The minimum atomic E-state index is -0.561. The lowest BCUT2D eigenvalue weighted by Gasteiger charge is -2.32. The van der Waals surface area contributed by atoms with Gasteiger partial charge in [-0.2, -0.15) is 0 Å². The normalized spacial score (nSPS) is 16.4. The minimum absolute atomic E-state index is 0.482. The first-order chi connectivity index (χ1) is 19.9. The number of pyridine rings is 2. The second-order valence-corrected chi connectivity index (χ2v) is 11.8. The number of benzene rings is 3. The molecule has 41 heavy (non-hydrogen) atoms. The molecule has 8 rings (SSSR count). The van der Waals surface area contributed by atoms with Gasteiger partial charge in [-0.15, -0.1) is 0 Å². The lowest BCUT2D eigenvalue weighted by atomic mass is 9.77. The molecular formula is C34H29BN4O2. The summed E-state index contributed by atoms with van der Waals surface area (Å²) in [5, 5.41) is 2.21. The van der Waals surface area contributed by atoms with Crippen molar-refractivity contribution < 1.29 is 9.31 Å². The summed E-state index contributed by atoms with van der Waals surface area (Å²) in [5.41, 5.74) is 8.17. The van der Waals surface area contributed by atoms with E-state index in [1.165, 1.54) is 0 Å². The Hall–Kier alpha value is -4.46. The lowest BCUT2D eigenvalue weighted by Crippen LogP contribution is -2.41. The third-order valence-corrected chi connectivity index (χ3v) is 8.87. The van der Waals surface area contributed by atoms with Crippen LogP contribution in [0.3, 0.4) is 0 Å². The average molecular weight is 536 g/mol. The largest absolute Gasteiger partial charge is 0.497 e. The molecule has 3 aromatic carbocycles. The van der Waals surface area contributed by atoms with E-state index in [0.717, 1.165) is 60.7 Å². The van der Waals surface area contributed by atoms with Crippen LogP contribution in [0.1, 0.15) is 27.7 Å². The van der Waals surface area contributed by atoms with Crippen LogP contribution in [0.15, 0.2) is 103 Å². The summed E-state index contributed by atoms with van der Waals surface area (Å²) in [6.45, 7) is 8.39. The van der Waals surface area contributed by atoms with Gasteiger partial charge in [-0.1, -0.05) is 48.5 Å². The maximum Gasteiger partial charge on any atom is 0.497 e. The van der Waals surface area contributed by atoms with Gasteiger partial charge in [0.05, 0.1) is 55.7 Å². The zero-order valence-corrected chi connectivity index (χ0v) is 23.5. The summed E-state index contributed by atoms with van der Waals surface area (Å²) < 4.78 is 18.0. The van der Waals surface area contributed by atoms with E-state index in [1.54, 1.807) is 0 Å². The van der Waals surface area contributed by atoms with E-state index in [0.29, 0.717) is 0 Å². The van der Waals surface area contributed by atoms with Gasteiger partial charge in [0.2, 0.25) is 0 Å². The van der Waals surface area contributed by atoms with Crippen molar-refractivity contribution in [2.75, 3.05) is 0 Å². The molecule has 0 radical (unpaired) electrons. The Kier molecular flexibility index (Phi) is 5.06. The molecule has 7 aromatic rings. The highest BCUT2D eigenvalue weighted by Crippen LogP contribution is 2.40. The van der Waals surface area contributed by atoms with E-state index in [9.17, 15) is 0 Å². The van der Waals surface area contributed by atoms with E-state index < -0.39 is 18.3 Å². The van der Waals surface area contributed by atoms with E-state index in [-0.39, 0.29) is 0 Å². The monoisotopic (exact) mass is 536 g/mol. The quantitative estimate of drug-likeness (QED) is 0.229. The summed E-state index contributed by atoms with van der Waals surface area (Å²) >= 11 is 0. The summed E-state index contributed by atoms with van der Waals surface area (Å²) in [5.74, 6) is 0. The number of fused-ring (bicyclic) bond motifs is 6. The van der Waals surface area contributed by atoms with Gasteiger partial charge < -0.3 is 18.4 Å². The van der Waals surface area contributed by atoms with Crippen molar-refractivity contribution in [1.82, 2.24) is 19.1 Å². The van der Waals surface area contributed by atoms with Crippen LogP contribution in [-0.4, -0.2) is 37.4 Å². The smallest absolute Gasteiger partial charge is 0.399 e. The Morgan fingerprint density at radius 1 is 0.561 bits per heavy atom. The van der Waals surface area contributed by atoms with Crippen molar-refractivity contribution in [2.24, 2.45) is 0 Å². The SMILES string of the molecule is CC1(C)OB(c2cccc(-n3c4ccccc4c4ncccc43)c2-n2c3ccccc3c3ncccc32)OC1(C)C. The van der Waals surface area contributed by atoms with Gasteiger partial charge in [0.25, 0.3) is 0 Å². The maximum absolute atomic E-state index is 6.69. The van der Waals surface area contributed by atoms with Crippen molar-refractivity contribution in [1.29, 1.82) is 0 Å². The Bertz CT molecular complexity index is 2020. The van der Waals surface area contributed by atoms with Gasteiger partial charge >= 0.3 is 7.12 Å². The molecule has 7 heteroatoms. The summed E-state index contributed by atoms with van der Waals surface area (Å²) in [6, 6.07) is 31.6. The van der Waals surface area contributed by atoms with E-state index in [2.05, 4.69) is 116 Å². The lowest BCUT2D eigenvalue weighted by molar-refractivity contribution is 0.00578. The van der Waals surface area contributed by atoms with Crippen LogP contribution in [0.25, 0.3) is 55.2 Å². The predicted molar refractivity (Wildman–Crippen MR) is 166 cm³/mol. The molecule has 0 bridgehead atoms. The summed E-state index contributed by atoms with van der Waals surface area (Å²) in [7, 11) is -0.561. The molecule has 6 nitrogen and oxygen atoms in total. The molecule has 4 aromatic heterocycles. The van der Waals surface area contributed by atoms with E-state index in [4.69, 9.17) is 19.3 Å². The number of hydrogen-bond donors (Lipinski definition) is 0. The fraction of sp³-hybridized carbons (Fsp3) is 0.176. The summed E-state index contributed by atoms with van der Waals surface area (Å²) in [4.78, 5) is 9.62. The van der Waals surface area contributed by atoms with Crippen molar-refractivity contribution in [3.63, 3.8) is 0 Å². The molecule has 0 spiro atoms. The number of rotatable bonds is 3. The number of aromatic nitrogens is 4. The molecule has 200 valence electrons. The number of para-hydroxylation sites is 3. The Labute approximate surface area is 238 Å².